The van der Waals surface area contributed by atoms with Crippen molar-refractivity contribution in [3.63, 3.8) is 0 Å². The second-order valence-electron chi connectivity index (χ2n) is 7.49. The summed E-state index contributed by atoms with van der Waals surface area (Å²) in [4.78, 5) is 29.1. The lowest BCUT2D eigenvalue weighted by molar-refractivity contribution is 0.0511. The van der Waals surface area contributed by atoms with Crippen molar-refractivity contribution in [2.45, 2.75) is 6.42 Å². The summed E-state index contributed by atoms with van der Waals surface area (Å²) in [5.74, 6) is 1.21. The molecule has 2 aromatic carbocycles. The zero-order valence-corrected chi connectivity index (χ0v) is 18.1. The van der Waals surface area contributed by atoms with Crippen LogP contribution in [0.15, 0.2) is 59.1 Å². The van der Waals surface area contributed by atoms with Crippen molar-refractivity contribution in [2.75, 3.05) is 40.4 Å². The lowest BCUT2D eigenvalue weighted by Crippen LogP contribution is -2.50. The minimum Gasteiger partial charge on any atom is -0.497 e. The Morgan fingerprint density at radius 1 is 0.906 bits per heavy atom. The number of ether oxygens (including phenoxy) is 2. The van der Waals surface area contributed by atoms with E-state index in [1.165, 1.54) is 0 Å². The van der Waals surface area contributed by atoms with Gasteiger partial charge in [-0.2, -0.15) is 0 Å². The van der Waals surface area contributed by atoms with Gasteiger partial charge in [-0.05, 0) is 29.8 Å². The zero-order valence-electron chi connectivity index (χ0n) is 18.1. The topological polar surface area (TPSA) is 85.1 Å². The first-order valence-electron chi connectivity index (χ1n) is 10.4. The lowest BCUT2D eigenvalue weighted by Gasteiger charge is -2.34. The van der Waals surface area contributed by atoms with E-state index in [0.717, 1.165) is 11.3 Å². The summed E-state index contributed by atoms with van der Waals surface area (Å²) in [6.45, 7) is 1.73. The van der Waals surface area contributed by atoms with Gasteiger partial charge in [-0.25, -0.2) is 0 Å². The first-order valence-corrected chi connectivity index (χ1v) is 10.4. The minimum absolute atomic E-state index is 0.101. The molecule has 3 aromatic rings. The third kappa shape index (κ3) is 4.59. The van der Waals surface area contributed by atoms with Gasteiger partial charge in [0.1, 0.15) is 11.5 Å². The molecule has 32 heavy (non-hydrogen) atoms. The molecule has 166 valence electrons. The molecule has 1 saturated heterocycles. The summed E-state index contributed by atoms with van der Waals surface area (Å²) in [5, 5.41) is 4.04. The Labute approximate surface area is 186 Å². The average molecular weight is 435 g/mol. The summed E-state index contributed by atoms with van der Waals surface area (Å²) < 4.78 is 15.8. The number of hydrogen-bond donors (Lipinski definition) is 0. The van der Waals surface area contributed by atoms with E-state index >= 15 is 0 Å². The predicted octanol–water partition coefficient (Wildman–Crippen LogP) is 2.88. The van der Waals surface area contributed by atoms with Crippen molar-refractivity contribution >= 4 is 11.8 Å². The van der Waals surface area contributed by atoms with Crippen molar-refractivity contribution in [3.8, 4) is 11.5 Å². The SMILES string of the molecule is COc1ccc(Cc2cc(C(=O)N3CCN(C(=O)c4ccccc4OC)CC3)on2)cc1. The van der Waals surface area contributed by atoms with E-state index in [9.17, 15) is 9.59 Å². The maximum Gasteiger partial charge on any atom is 0.292 e. The van der Waals surface area contributed by atoms with Crippen LogP contribution in [0.4, 0.5) is 0 Å². The van der Waals surface area contributed by atoms with Crippen molar-refractivity contribution < 1.29 is 23.6 Å². The number of carbonyl (C=O) groups excluding carboxylic acids is 2. The number of para-hydroxylation sites is 1. The molecule has 2 heterocycles. The van der Waals surface area contributed by atoms with Gasteiger partial charge in [0, 0.05) is 38.7 Å². The number of aromatic nitrogens is 1. The molecule has 2 amide bonds. The second-order valence-corrected chi connectivity index (χ2v) is 7.49. The number of hydrogen-bond acceptors (Lipinski definition) is 6. The van der Waals surface area contributed by atoms with Crippen LogP contribution in [0, 0.1) is 0 Å². The predicted molar refractivity (Wildman–Crippen MR) is 117 cm³/mol. The number of methoxy groups -OCH3 is 2. The first kappa shape index (κ1) is 21.4. The van der Waals surface area contributed by atoms with E-state index in [-0.39, 0.29) is 17.6 Å². The Hall–Kier alpha value is -3.81. The fourth-order valence-corrected chi connectivity index (χ4v) is 3.71. The van der Waals surface area contributed by atoms with Gasteiger partial charge in [-0.15, -0.1) is 0 Å². The molecule has 0 atom stereocenters. The Morgan fingerprint density at radius 2 is 1.56 bits per heavy atom. The molecule has 0 N–H and O–H groups in total. The largest absolute Gasteiger partial charge is 0.497 e. The van der Waals surface area contributed by atoms with Crippen LogP contribution in [0.1, 0.15) is 32.2 Å². The van der Waals surface area contributed by atoms with Crippen molar-refractivity contribution in [3.05, 3.63) is 77.2 Å². The number of amides is 2. The molecular weight excluding hydrogens is 410 g/mol. The molecule has 1 fully saturated rings. The fourth-order valence-electron chi connectivity index (χ4n) is 3.71. The van der Waals surface area contributed by atoms with Crippen LogP contribution in [0.25, 0.3) is 0 Å². The van der Waals surface area contributed by atoms with E-state index in [1.807, 2.05) is 36.4 Å². The summed E-state index contributed by atoms with van der Waals surface area (Å²) in [7, 11) is 3.17. The Balaban J connectivity index is 1.35. The van der Waals surface area contributed by atoms with Crippen LogP contribution in [0.2, 0.25) is 0 Å². The van der Waals surface area contributed by atoms with Crippen LogP contribution in [0.3, 0.4) is 0 Å². The van der Waals surface area contributed by atoms with Gasteiger partial charge in [-0.3, -0.25) is 9.59 Å². The molecule has 0 bridgehead atoms. The molecule has 1 aromatic heterocycles. The molecule has 0 unspecified atom stereocenters. The monoisotopic (exact) mass is 435 g/mol. The van der Waals surface area contributed by atoms with Crippen molar-refractivity contribution in [1.29, 1.82) is 0 Å². The zero-order chi connectivity index (χ0) is 22.5. The first-order chi connectivity index (χ1) is 15.6. The van der Waals surface area contributed by atoms with E-state index in [1.54, 1.807) is 42.2 Å². The molecular formula is C24H25N3O5. The molecule has 0 aliphatic carbocycles. The Kier molecular flexibility index (Phi) is 6.39. The highest BCUT2D eigenvalue weighted by molar-refractivity contribution is 5.97. The molecule has 8 heteroatoms. The number of nitrogens with zero attached hydrogens (tertiary/aromatic N) is 3. The summed E-state index contributed by atoms with van der Waals surface area (Å²) >= 11 is 0. The van der Waals surface area contributed by atoms with Crippen LogP contribution < -0.4 is 9.47 Å². The van der Waals surface area contributed by atoms with Gasteiger partial charge in [-0.1, -0.05) is 29.4 Å². The van der Waals surface area contributed by atoms with Gasteiger partial charge < -0.3 is 23.8 Å². The fraction of sp³-hybridized carbons (Fsp3) is 0.292. The van der Waals surface area contributed by atoms with Crippen LogP contribution in [0.5, 0.6) is 11.5 Å². The molecule has 1 aliphatic rings. The summed E-state index contributed by atoms with van der Waals surface area (Å²) in [5.41, 5.74) is 2.25. The van der Waals surface area contributed by atoms with Crippen LogP contribution in [-0.4, -0.2) is 67.2 Å². The van der Waals surface area contributed by atoms with E-state index in [2.05, 4.69) is 5.16 Å². The average Bonchev–Trinajstić information content (AvgIpc) is 3.32. The minimum atomic E-state index is -0.220. The second kappa shape index (κ2) is 9.55. The van der Waals surface area contributed by atoms with Crippen molar-refractivity contribution in [2.24, 2.45) is 0 Å². The highest BCUT2D eigenvalue weighted by atomic mass is 16.5. The van der Waals surface area contributed by atoms with Gasteiger partial charge in [0.15, 0.2) is 0 Å². The normalized spacial score (nSPS) is 13.7. The number of rotatable bonds is 6. The van der Waals surface area contributed by atoms with E-state index in [4.69, 9.17) is 14.0 Å². The van der Waals surface area contributed by atoms with Gasteiger partial charge in [0.2, 0.25) is 5.76 Å². The van der Waals surface area contributed by atoms with E-state index < -0.39 is 0 Å². The van der Waals surface area contributed by atoms with Crippen molar-refractivity contribution in [1.82, 2.24) is 15.0 Å². The van der Waals surface area contributed by atoms with E-state index in [0.29, 0.717) is 49.6 Å². The lowest BCUT2D eigenvalue weighted by atomic mass is 10.1. The molecule has 4 rings (SSSR count). The Morgan fingerprint density at radius 3 is 2.22 bits per heavy atom. The molecule has 0 saturated carbocycles. The van der Waals surface area contributed by atoms with Gasteiger partial charge in [0.05, 0.1) is 25.5 Å². The molecule has 1 aliphatic heterocycles. The molecule has 0 radical (unpaired) electrons. The smallest absolute Gasteiger partial charge is 0.292 e. The number of benzene rings is 2. The number of carbonyl (C=O) groups is 2. The van der Waals surface area contributed by atoms with Gasteiger partial charge >= 0.3 is 0 Å². The van der Waals surface area contributed by atoms with Crippen LogP contribution in [-0.2, 0) is 6.42 Å². The third-order valence-electron chi connectivity index (χ3n) is 5.51. The molecule has 0 spiro atoms. The Bertz CT molecular complexity index is 1090. The maximum absolute atomic E-state index is 12.8. The van der Waals surface area contributed by atoms with Crippen LogP contribution >= 0.6 is 0 Å². The summed E-state index contributed by atoms with van der Waals surface area (Å²) in [6, 6.07) is 16.5. The van der Waals surface area contributed by atoms with Gasteiger partial charge in [0.25, 0.3) is 11.8 Å². The number of piperazine rings is 1. The third-order valence-corrected chi connectivity index (χ3v) is 5.51. The summed E-state index contributed by atoms with van der Waals surface area (Å²) in [6.07, 6.45) is 0.558. The highest BCUT2D eigenvalue weighted by Crippen LogP contribution is 2.21. The quantitative estimate of drug-likeness (QED) is 0.592. The standard InChI is InChI=1S/C24H25N3O5/c1-30-19-9-7-17(8-10-19)15-18-16-22(32-25-18)24(29)27-13-11-26(12-14-27)23(28)20-5-3-4-6-21(20)31-2/h3-10,16H,11-15H2,1-2H3. The molecule has 8 nitrogen and oxygen atoms in total. The highest BCUT2D eigenvalue weighted by Gasteiger charge is 2.28. The maximum atomic E-state index is 12.8.